The van der Waals surface area contributed by atoms with Gasteiger partial charge in [0.25, 0.3) is 0 Å². The number of nitrogens with one attached hydrogen (secondary N) is 1. The van der Waals surface area contributed by atoms with Crippen LogP contribution < -0.4 is 10.1 Å². The summed E-state index contributed by atoms with van der Waals surface area (Å²) in [7, 11) is 0. The van der Waals surface area contributed by atoms with Crippen molar-refractivity contribution in [3.63, 3.8) is 0 Å². The number of anilines is 1. The molecule has 0 saturated carbocycles. The van der Waals surface area contributed by atoms with E-state index in [4.69, 9.17) is 16.3 Å². The minimum Gasteiger partial charge on any atom is -0.487 e. The third kappa shape index (κ3) is 5.21. The van der Waals surface area contributed by atoms with Crippen LogP contribution in [0.25, 0.3) is 0 Å². The predicted molar refractivity (Wildman–Crippen MR) is 104 cm³/mol. The van der Waals surface area contributed by atoms with E-state index in [-0.39, 0.29) is 5.82 Å². The first-order valence-corrected chi connectivity index (χ1v) is 8.92. The first-order valence-electron chi connectivity index (χ1n) is 7.75. The molecule has 2 nitrogen and oxygen atoms in total. The molecule has 0 amide bonds. The molecule has 0 radical (unpaired) electrons. The summed E-state index contributed by atoms with van der Waals surface area (Å²) >= 11 is 9.72. The lowest BCUT2D eigenvalue weighted by Gasteiger charge is -2.11. The summed E-state index contributed by atoms with van der Waals surface area (Å²) in [6, 6.07) is 19.9. The standard InChI is InChI=1S/C20H16BrClFNO/c21-16-4-8-18(9-5-16)24-12-15-3-10-20(19(22)11-15)25-13-14-1-6-17(23)7-2-14/h1-11,24H,12-13H2. The summed E-state index contributed by atoms with van der Waals surface area (Å²) in [6.45, 7) is 1.01. The van der Waals surface area contributed by atoms with Crippen LogP contribution in [0.3, 0.4) is 0 Å². The lowest BCUT2D eigenvalue weighted by molar-refractivity contribution is 0.306. The highest BCUT2D eigenvalue weighted by Gasteiger charge is 2.04. The Morgan fingerprint density at radius 2 is 1.60 bits per heavy atom. The van der Waals surface area contributed by atoms with Crippen LogP contribution in [-0.2, 0) is 13.2 Å². The van der Waals surface area contributed by atoms with Crippen molar-refractivity contribution < 1.29 is 9.13 Å². The molecule has 0 unspecified atom stereocenters. The molecule has 25 heavy (non-hydrogen) atoms. The van der Waals surface area contributed by atoms with Crippen molar-refractivity contribution >= 4 is 33.2 Å². The molecule has 0 bridgehead atoms. The molecule has 3 aromatic carbocycles. The maximum atomic E-state index is 12.9. The smallest absolute Gasteiger partial charge is 0.138 e. The molecule has 0 spiro atoms. The maximum Gasteiger partial charge on any atom is 0.138 e. The molecule has 0 aliphatic heterocycles. The van der Waals surface area contributed by atoms with E-state index >= 15 is 0 Å². The van der Waals surface area contributed by atoms with Gasteiger partial charge in [0.1, 0.15) is 18.2 Å². The molecule has 0 aliphatic carbocycles. The van der Waals surface area contributed by atoms with Crippen molar-refractivity contribution in [2.24, 2.45) is 0 Å². The second-order valence-corrected chi connectivity index (χ2v) is 6.86. The maximum absolute atomic E-state index is 12.9. The van der Waals surface area contributed by atoms with E-state index in [0.717, 1.165) is 21.3 Å². The Bertz CT molecular complexity index is 837. The molecule has 0 fully saturated rings. The third-order valence-corrected chi connectivity index (χ3v) is 4.47. The zero-order chi connectivity index (χ0) is 17.6. The fourth-order valence-electron chi connectivity index (χ4n) is 2.28. The molecular formula is C20H16BrClFNO. The van der Waals surface area contributed by atoms with Crippen LogP contribution >= 0.6 is 27.5 Å². The summed E-state index contributed by atoms with van der Waals surface area (Å²) < 4.78 is 19.7. The highest BCUT2D eigenvalue weighted by atomic mass is 79.9. The number of hydrogen-bond donors (Lipinski definition) is 1. The van der Waals surface area contributed by atoms with Crippen LogP contribution in [0.5, 0.6) is 5.75 Å². The van der Waals surface area contributed by atoms with Gasteiger partial charge in [-0.1, -0.05) is 45.7 Å². The van der Waals surface area contributed by atoms with Gasteiger partial charge in [-0.25, -0.2) is 4.39 Å². The average Bonchev–Trinajstić information content (AvgIpc) is 2.62. The molecule has 0 aromatic heterocycles. The van der Waals surface area contributed by atoms with E-state index in [1.807, 2.05) is 42.5 Å². The Hall–Kier alpha value is -2.04. The van der Waals surface area contributed by atoms with Crippen molar-refractivity contribution in [2.45, 2.75) is 13.2 Å². The van der Waals surface area contributed by atoms with Crippen LogP contribution in [0.2, 0.25) is 5.02 Å². The average molecular weight is 421 g/mol. The predicted octanol–water partition coefficient (Wildman–Crippen LogP) is 6.43. The number of ether oxygens (including phenoxy) is 1. The van der Waals surface area contributed by atoms with Crippen LogP contribution in [-0.4, -0.2) is 0 Å². The normalized spacial score (nSPS) is 10.5. The molecule has 0 heterocycles. The monoisotopic (exact) mass is 419 g/mol. The largest absolute Gasteiger partial charge is 0.487 e. The number of rotatable bonds is 6. The highest BCUT2D eigenvalue weighted by molar-refractivity contribution is 9.10. The fraction of sp³-hybridized carbons (Fsp3) is 0.100. The van der Waals surface area contributed by atoms with Crippen molar-refractivity contribution in [1.29, 1.82) is 0 Å². The van der Waals surface area contributed by atoms with Crippen LogP contribution in [0.1, 0.15) is 11.1 Å². The van der Waals surface area contributed by atoms with Gasteiger partial charge in [0.2, 0.25) is 0 Å². The number of halogens is 3. The first kappa shape index (κ1) is 17.8. The molecular weight excluding hydrogens is 405 g/mol. The van der Waals surface area contributed by atoms with Crippen molar-refractivity contribution in [1.82, 2.24) is 0 Å². The Labute approximate surface area is 159 Å². The van der Waals surface area contributed by atoms with Gasteiger partial charge in [-0.15, -0.1) is 0 Å². The second kappa shape index (κ2) is 8.37. The zero-order valence-corrected chi connectivity index (χ0v) is 15.6. The Balaban J connectivity index is 1.58. The van der Waals surface area contributed by atoms with Crippen molar-refractivity contribution in [2.75, 3.05) is 5.32 Å². The quantitative estimate of drug-likeness (QED) is 0.496. The first-order chi connectivity index (χ1) is 12.1. The molecule has 3 rings (SSSR count). The highest BCUT2D eigenvalue weighted by Crippen LogP contribution is 2.27. The SMILES string of the molecule is Fc1ccc(COc2ccc(CNc3ccc(Br)cc3)cc2Cl)cc1. The third-order valence-electron chi connectivity index (χ3n) is 3.64. The van der Waals surface area contributed by atoms with E-state index in [9.17, 15) is 4.39 Å². The fourth-order valence-corrected chi connectivity index (χ4v) is 2.81. The van der Waals surface area contributed by atoms with E-state index in [1.165, 1.54) is 12.1 Å². The minimum absolute atomic E-state index is 0.260. The van der Waals surface area contributed by atoms with E-state index in [0.29, 0.717) is 23.9 Å². The van der Waals surface area contributed by atoms with Crippen molar-refractivity contribution in [3.05, 3.63) is 93.2 Å². The van der Waals surface area contributed by atoms with E-state index < -0.39 is 0 Å². The van der Waals surface area contributed by atoms with Gasteiger partial charge in [-0.05, 0) is 59.7 Å². The van der Waals surface area contributed by atoms with Gasteiger partial charge in [-0.2, -0.15) is 0 Å². The zero-order valence-electron chi connectivity index (χ0n) is 13.3. The summed E-state index contributed by atoms with van der Waals surface area (Å²) in [5, 5.41) is 3.90. The van der Waals surface area contributed by atoms with E-state index in [1.54, 1.807) is 12.1 Å². The Kier molecular flexibility index (Phi) is 5.95. The topological polar surface area (TPSA) is 21.3 Å². The van der Waals surface area contributed by atoms with Crippen LogP contribution in [0.4, 0.5) is 10.1 Å². The Morgan fingerprint density at radius 3 is 2.28 bits per heavy atom. The number of benzene rings is 3. The minimum atomic E-state index is -0.260. The van der Waals surface area contributed by atoms with Gasteiger partial charge in [0.05, 0.1) is 5.02 Å². The molecule has 1 N–H and O–H groups in total. The van der Waals surface area contributed by atoms with Gasteiger partial charge in [0.15, 0.2) is 0 Å². The molecule has 3 aromatic rings. The molecule has 0 atom stereocenters. The van der Waals surface area contributed by atoms with Gasteiger partial charge in [-0.3, -0.25) is 0 Å². The summed E-state index contributed by atoms with van der Waals surface area (Å²) in [5.41, 5.74) is 2.98. The molecule has 128 valence electrons. The summed E-state index contributed by atoms with van der Waals surface area (Å²) in [6.07, 6.45) is 0. The molecule has 5 heteroatoms. The second-order valence-electron chi connectivity index (χ2n) is 5.54. The molecule has 0 aliphatic rings. The molecule has 0 saturated heterocycles. The van der Waals surface area contributed by atoms with Crippen LogP contribution in [0.15, 0.2) is 71.2 Å². The number of hydrogen-bond acceptors (Lipinski definition) is 2. The summed E-state index contributed by atoms with van der Waals surface area (Å²) in [5.74, 6) is 0.350. The lowest BCUT2D eigenvalue weighted by Crippen LogP contribution is -2.00. The lowest BCUT2D eigenvalue weighted by atomic mass is 10.2. The Morgan fingerprint density at radius 1 is 0.920 bits per heavy atom. The van der Waals surface area contributed by atoms with Crippen LogP contribution in [0, 0.1) is 5.82 Å². The van der Waals surface area contributed by atoms with E-state index in [2.05, 4.69) is 21.2 Å². The van der Waals surface area contributed by atoms with Gasteiger partial charge in [0, 0.05) is 16.7 Å². The van der Waals surface area contributed by atoms with Crippen molar-refractivity contribution in [3.8, 4) is 5.75 Å². The van der Waals surface area contributed by atoms with Gasteiger partial charge < -0.3 is 10.1 Å². The summed E-state index contributed by atoms with van der Waals surface area (Å²) in [4.78, 5) is 0. The van der Waals surface area contributed by atoms with Gasteiger partial charge >= 0.3 is 0 Å².